The number of nitrogens with two attached hydrogens (primary N) is 1. The fraction of sp³-hybridized carbons (Fsp3) is 0.538. The van der Waals surface area contributed by atoms with Gasteiger partial charge in [0, 0.05) is 0 Å². The lowest BCUT2D eigenvalue weighted by molar-refractivity contribution is -0.145. The van der Waals surface area contributed by atoms with Gasteiger partial charge in [-0.1, -0.05) is 50.6 Å². The van der Waals surface area contributed by atoms with Crippen molar-refractivity contribution in [3.63, 3.8) is 0 Å². The van der Waals surface area contributed by atoms with Crippen molar-refractivity contribution in [1.82, 2.24) is 21.3 Å². The van der Waals surface area contributed by atoms with E-state index in [9.17, 15) is 44.1 Å². The van der Waals surface area contributed by atoms with Crippen LogP contribution in [0.4, 0.5) is 0 Å². The summed E-state index contributed by atoms with van der Waals surface area (Å²) in [7, 11) is 0. The fourth-order valence-electron chi connectivity index (χ4n) is 3.68. The number of carboxylic acid groups (broad SMARTS) is 2. The standard InChI is InChI=1S/C26H39N5O10/c1-4-13(2)20(25(39)29-18(12-32)24(38)31-21(14(3)33)26(40)41)30-23(37)17(11-19(34)35)28-22(36)16(27)10-15-8-6-5-7-9-15/h5-9,13-14,16-18,20-21,32-33H,4,10-12,27H2,1-3H3,(H,28,36)(H,29,39)(H,30,37)(H,31,38)(H,34,35)(H,40,41)/t13-,14+,16-,17-,18-,20-,21-/m0/s1. The average molecular weight is 582 g/mol. The zero-order chi connectivity index (χ0) is 31.3. The Labute approximate surface area is 236 Å². The van der Waals surface area contributed by atoms with Gasteiger partial charge >= 0.3 is 11.9 Å². The van der Waals surface area contributed by atoms with Gasteiger partial charge in [0.1, 0.15) is 18.1 Å². The molecule has 0 aliphatic heterocycles. The van der Waals surface area contributed by atoms with Crippen LogP contribution in [0.5, 0.6) is 0 Å². The van der Waals surface area contributed by atoms with Crippen LogP contribution in [0.3, 0.4) is 0 Å². The molecule has 228 valence electrons. The van der Waals surface area contributed by atoms with Crippen LogP contribution in [-0.4, -0.2) is 98.9 Å². The summed E-state index contributed by atoms with van der Waals surface area (Å²) in [5.41, 5.74) is 6.69. The maximum absolute atomic E-state index is 13.1. The fourth-order valence-corrected chi connectivity index (χ4v) is 3.68. The lowest BCUT2D eigenvalue weighted by Crippen LogP contribution is -2.61. The van der Waals surface area contributed by atoms with E-state index in [-0.39, 0.29) is 6.42 Å². The van der Waals surface area contributed by atoms with E-state index in [0.717, 1.165) is 12.5 Å². The molecule has 7 atom stereocenters. The van der Waals surface area contributed by atoms with E-state index in [1.807, 2.05) is 5.32 Å². The molecule has 0 aromatic heterocycles. The Morgan fingerprint density at radius 2 is 1.34 bits per heavy atom. The third-order valence-electron chi connectivity index (χ3n) is 6.30. The van der Waals surface area contributed by atoms with Crippen LogP contribution < -0.4 is 27.0 Å². The van der Waals surface area contributed by atoms with E-state index in [0.29, 0.717) is 6.42 Å². The maximum Gasteiger partial charge on any atom is 0.328 e. The number of hydrogen-bond acceptors (Lipinski definition) is 9. The Morgan fingerprint density at radius 3 is 1.83 bits per heavy atom. The summed E-state index contributed by atoms with van der Waals surface area (Å²) in [5.74, 6) is -7.35. The molecular weight excluding hydrogens is 542 g/mol. The first-order chi connectivity index (χ1) is 19.2. The second-order valence-electron chi connectivity index (χ2n) is 9.64. The lowest BCUT2D eigenvalue weighted by atomic mass is 9.97. The molecule has 0 fully saturated rings. The summed E-state index contributed by atoms with van der Waals surface area (Å²) < 4.78 is 0. The molecule has 0 saturated carbocycles. The number of amides is 4. The number of aliphatic hydroxyl groups excluding tert-OH is 2. The number of carbonyl (C=O) groups excluding carboxylic acids is 4. The molecule has 0 aliphatic carbocycles. The van der Waals surface area contributed by atoms with Gasteiger partial charge in [-0.2, -0.15) is 0 Å². The van der Waals surface area contributed by atoms with Crippen LogP contribution in [-0.2, 0) is 35.2 Å². The average Bonchev–Trinajstić information content (AvgIpc) is 2.91. The van der Waals surface area contributed by atoms with Crippen molar-refractivity contribution in [2.75, 3.05) is 6.61 Å². The highest BCUT2D eigenvalue weighted by Crippen LogP contribution is 2.10. The zero-order valence-electron chi connectivity index (χ0n) is 23.1. The number of aliphatic hydroxyl groups is 2. The van der Waals surface area contributed by atoms with Gasteiger partial charge in [-0.3, -0.25) is 24.0 Å². The third-order valence-corrected chi connectivity index (χ3v) is 6.30. The summed E-state index contributed by atoms with van der Waals surface area (Å²) in [6.07, 6.45) is -1.84. The number of carboxylic acids is 2. The molecule has 0 aliphatic rings. The minimum Gasteiger partial charge on any atom is -0.481 e. The first kappa shape index (κ1) is 34.9. The molecule has 15 heteroatoms. The van der Waals surface area contributed by atoms with E-state index in [4.69, 9.17) is 10.8 Å². The minimum atomic E-state index is -1.72. The predicted molar refractivity (Wildman–Crippen MR) is 144 cm³/mol. The Balaban J connectivity index is 3.03. The van der Waals surface area contributed by atoms with E-state index in [1.54, 1.807) is 44.2 Å². The highest BCUT2D eigenvalue weighted by molar-refractivity contribution is 5.96. The number of aliphatic carboxylic acids is 2. The Morgan fingerprint density at radius 1 is 0.805 bits per heavy atom. The number of benzene rings is 1. The SMILES string of the molecule is CC[C@H](C)[C@H](NC(=O)[C@H](CC(=O)O)NC(=O)[C@@H](N)Cc1ccccc1)C(=O)N[C@@H](CO)C(=O)N[C@H](C(=O)O)[C@@H](C)O. The molecule has 0 radical (unpaired) electrons. The van der Waals surface area contributed by atoms with Crippen LogP contribution in [0.2, 0.25) is 0 Å². The van der Waals surface area contributed by atoms with Crippen LogP contribution in [0, 0.1) is 5.92 Å². The summed E-state index contributed by atoms with van der Waals surface area (Å²) in [5, 5.41) is 46.6. The minimum absolute atomic E-state index is 0.119. The van der Waals surface area contributed by atoms with Crippen molar-refractivity contribution in [2.45, 2.75) is 76.3 Å². The topological polar surface area (TPSA) is 257 Å². The molecule has 0 spiro atoms. The molecule has 1 aromatic rings. The molecule has 0 heterocycles. The number of rotatable bonds is 17. The van der Waals surface area contributed by atoms with Crippen molar-refractivity contribution >= 4 is 35.6 Å². The van der Waals surface area contributed by atoms with Gasteiger partial charge in [-0.25, -0.2) is 4.79 Å². The van der Waals surface area contributed by atoms with Crippen LogP contribution in [0.25, 0.3) is 0 Å². The van der Waals surface area contributed by atoms with E-state index >= 15 is 0 Å². The predicted octanol–water partition coefficient (Wildman–Crippen LogP) is -2.53. The quantitative estimate of drug-likeness (QED) is 0.0927. The highest BCUT2D eigenvalue weighted by Gasteiger charge is 2.35. The molecule has 15 nitrogen and oxygen atoms in total. The number of hydrogen-bond donors (Lipinski definition) is 9. The lowest BCUT2D eigenvalue weighted by Gasteiger charge is -2.28. The molecule has 10 N–H and O–H groups in total. The molecule has 1 rings (SSSR count). The number of carbonyl (C=O) groups is 6. The molecule has 0 bridgehead atoms. The van der Waals surface area contributed by atoms with E-state index in [1.165, 1.54) is 0 Å². The van der Waals surface area contributed by atoms with Crippen LogP contribution in [0.15, 0.2) is 30.3 Å². The van der Waals surface area contributed by atoms with Gasteiger partial charge in [0.15, 0.2) is 6.04 Å². The van der Waals surface area contributed by atoms with Gasteiger partial charge in [0.05, 0.1) is 25.2 Å². The second-order valence-corrected chi connectivity index (χ2v) is 9.64. The molecule has 41 heavy (non-hydrogen) atoms. The van der Waals surface area contributed by atoms with Crippen LogP contribution >= 0.6 is 0 Å². The summed E-state index contributed by atoms with van der Waals surface area (Å²) >= 11 is 0. The van der Waals surface area contributed by atoms with Crippen molar-refractivity contribution in [2.24, 2.45) is 11.7 Å². The molecule has 4 amide bonds. The van der Waals surface area contributed by atoms with Crippen molar-refractivity contribution in [1.29, 1.82) is 0 Å². The van der Waals surface area contributed by atoms with Gasteiger partial charge in [0.25, 0.3) is 0 Å². The Hall–Kier alpha value is -4.08. The van der Waals surface area contributed by atoms with Crippen molar-refractivity contribution in [3.05, 3.63) is 35.9 Å². The number of nitrogens with one attached hydrogen (secondary N) is 4. The maximum atomic E-state index is 13.1. The van der Waals surface area contributed by atoms with E-state index in [2.05, 4.69) is 16.0 Å². The summed E-state index contributed by atoms with van der Waals surface area (Å²) in [4.78, 5) is 74.0. The third kappa shape index (κ3) is 11.5. The Kier molecular flexibility index (Phi) is 14.4. The first-order valence-corrected chi connectivity index (χ1v) is 13.0. The van der Waals surface area contributed by atoms with E-state index < -0.39 is 90.8 Å². The zero-order valence-corrected chi connectivity index (χ0v) is 23.1. The Bertz CT molecular complexity index is 1070. The first-order valence-electron chi connectivity index (χ1n) is 13.0. The van der Waals surface area contributed by atoms with Gasteiger partial charge < -0.3 is 47.4 Å². The highest BCUT2D eigenvalue weighted by atomic mass is 16.4. The van der Waals surface area contributed by atoms with Gasteiger partial charge in [0.2, 0.25) is 23.6 Å². The van der Waals surface area contributed by atoms with Crippen molar-refractivity contribution in [3.8, 4) is 0 Å². The summed E-state index contributed by atoms with van der Waals surface area (Å²) in [6.45, 7) is 3.47. The normalized spacial score (nSPS) is 16.0. The van der Waals surface area contributed by atoms with Gasteiger partial charge in [-0.05, 0) is 24.8 Å². The van der Waals surface area contributed by atoms with Gasteiger partial charge in [-0.15, -0.1) is 0 Å². The van der Waals surface area contributed by atoms with Crippen LogP contribution in [0.1, 0.15) is 39.2 Å². The monoisotopic (exact) mass is 581 g/mol. The molecular formula is C26H39N5O10. The molecule has 1 aromatic carbocycles. The summed E-state index contributed by atoms with van der Waals surface area (Å²) in [6, 6.07) is 1.38. The smallest absolute Gasteiger partial charge is 0.328 e. The molecule has 0 unspecified atom stereocenters. The largest absolute Gasteiger partial charge is 0.481 e. The van der Waals surface area contributed by atoms with Crippen molar-refractivity contribution < 1.29 is 49.2 Å². The molecule has 0 saturated heterocycles. The second kappa shape index (κ2) is 16.9.